The zero-order chi connectivity index (χ0) is 18.8. The molecule has 0 atom stereocenters. The SMILES string of the molecule is CCCCCCCOc1ccc([C@H]2CC[C@H](CCC(F)(F)F)CC2)cc1. The molecule has 4 heteroatoms. The minimum absolute atomic E-state index is 0.239. The molecule has 1 fully saturated rings. The van der Waals surface area contributed by atoms with Gasteiger partial charge in [-0.3, -0.25) is 0 Å². The van der Waals surface area contributed by atoms with Crippen LogP contribution in [0.2, 0.25) is 0 Å². The molecule has 1 aliphatic rings. The molecule has 0 amide bonds. The minimum Gasteiger partial charge on any atom is -0.494 e. The zero-order valence-electron chi connectivity index (χ0n) is 16.0. The number of rotatable bonds is 10. The third-order valence-corrected chi connectivity index (χ3v) is 5.55. The Morgan fingerprint density at radius 3 is 2.19 bits per heavy atom. The van der Waals surface area contributed by atoms with Gasteiger partial charge in [-0.2, -0.15) is 13.2 Å². The second kappa shape index (κ2) is 10.8. The molecule has 0 saturated heterocycles. The smallest absolute Gasteiger partial charge is 0.389 e. The van der Waals surface area contributed by atoms with Crippen LogP contribution >= 0.6 is 0 Å². The van der Waals surface area contributed by atoms with Crippen molar-refractivity contribution in [3.05, 3.63) is 29.8 Å². The summed E-state index contributed by atoms with van der Waals surface area (Å²) in [6.45, 7) is 2.99. The van der Waals surface area contributed by atoms with Crippen molar-refractivity contribution in [3.8, 4) is 5.75 Å². The summed E-state index contributed by atoms with van der Waals surface area (Å²) in [4.78, 5) is 0. The third kappa shape index (κ3) is 8.01. The van der Waals surface area contributed by atoms with E-state index >= 15 is 0 Å². The van der Waals surface area contributed by atoms with Gasteiger partial charge < -0.3 is 4.74 Å². The number of unbranched alkanes of at least 4 members (excludes halogenated alkanes) is 4. The Kier molecular flexibility index (Phi) is 8.80. The molecule has 0 heterocycles. The van der Waals surface area contributed by atoms with Gasteiger partial charge in [-0.25, -0.2) is 0 Å². The van der Waals surface area contributed by atoms with Crippen LogP contribution in [0.15, 0.2) is 24.3 Å². The quantitative estimate of drug-likeness (QED) is 0.384. The molecule has 2 rings (SSSR count). The van der Waals surface area contributed by atoms with Gasteiger partial charge in [0.15, 0.2) is 0 Å². The molecule has 0 N–H and O–H groups in total. The molecule has 0 unspecified atom stereocenters. The van der Waals surface area contributed by atoms with Crippen LogP contribution in [0.5, 0.6) is 5.75 Å². The topological polar surface area (TPSA) is 9.23 Å². The molecule has 1 aromatic carbocycles. The van der Waals surface area contributed by atoms with E-state index in [0.717, 1.165) is 44.5 Å². The summed E-state index contributed by atoms with van der Waals surface area (Å²) in [5, 5.41) is 0. The Bertz CT molecular complexity index is 487. The molecule has 0 bridgehead atoms. The Labute approximate surface area is 156 Å². The standard InChI is InChI=1S/C22H33F3O/c1-2-3-4-5-6-17-26-21-13-11-20(12-14-21)19-9-7-18(8-10-19)15-16-22(23,24)25/h11-14,18-19H,2-10,15-17H2,1H3/t18-,19-. The molecule has 1 nitrogen and oxygen atoms in total. The van der Waals surface area contributed by atoms with Crippen LogP contribution in [0.25, 0.3) is 0 Å². The van der Waals surface area contributed by atoms with E-state index in [1.165, 1.54) is 31.2 Å². The highest BCUT2D eigenvalue weighted by Gasteiger charge is 2.30. The molecule has 0 aliphatic heterocycles. The average Bonchev–Trinajstić information content (AvgIpc) is 2.63. The van der Waals surface area contributed by atoms with E-state index in [2.05, 4.69) is 19.1 Å². The summed E-state index contributed by atoms with van der Waals surface area (Å²) >= 11 is 0. The maximum atomic E-state index is 12.3. The lowest BCUT2D eigenvalue weighted by molar-refractivity contribution is -0.138. The van der Waals surface area contributed by atoms with Crippen molar-refractivity contribution in [2.75, 3.05) is 6.61 Å². The number of hydrogen-bond donors (Lipinski definition) is 0. The zero-order valence-corrected chi connectivity index (χ0v) is 16.0. The van der Waals surface area contributed by atoms with E-state index in [4.69, 9.17) is 4.74 Å². The summed E-state index contributed by atoms with van der Waals surface area (Å²) in [6, 6.07) is 8.34. The van der Waals surface area contributed by atoms with Gasteiger partial charge in [-0.05, 0) is 68.1 Å². The van der Waals surface area contributed by atoms with Gasteiger partial charge in [0, 0.05) is 6.42 Å². The van der Waals surface area contributed by atoms with Gasteiger partial charge in [0.1, 0.15) is 5.75 Å². The summed E-state index contributed by atoms with van der Waals surface area (Å²) in [6.07, 6.45) is 5.64. The highest BCUT2D eigenvalue weighted by molar-refractivity contribution is 5.29. The van der Waals surface area contributed by atoms with E-state index in [9.17, 15) is 13.2 Å². The lowest BCUT2D eigenvalue weighted by Gasteiger charge is -2.29. The fraction of sp³-hybridized carbons (Fsp3) is 0.727. The highest BCUT2D eigenvalue weighted by Crippen LogP contribution is 2.39. The monoisotopic (exact) mass is 370 g/mol. The molecule has 26 heavy (non-hydrogen) atoms. The molecule has 0 spiro atoms. The van der Waals surface area contributed by atoms with E-state index in [-0.39, 0.29) is 5.92 Å². The highest BCUT2D eigenvalue weighted by atomic mass is 19.4. The van der Waals surface area contributed by atoms with Gasteiger partial charge in [-0.15, -0.1) is 0 Å². The number of alkyl halides is 3. The van der Waals surface area contributed by atoms with Crippen LogP contribution in [-0.4, -0.2) is 12.8 Å². The fourth-order valence-electron chi connectivity index (χ4n) is 3.88. The number of halogens is 3. The maximum absolute atomic E-state index is 12.3. The number of hydrogen-bond acceptors (Lipinski definition) is 1. The van der Waals surface area contributed by atoms with E-state index < -0.39 is 12.6 Å². The number of ether oxygens (including phenoxy) is 1. The summed E-state index contributed by atoms with van der Waals surface area (Å²) in [5.74, 6) is 1.64. The first-order valence-corrected chi connectivity index (χ1v) is 10.3. The maximum Gasteiger partial charge on any atom is 0.389 e. The molecule has 0 aromatic heterocycles. The third-order valence-electron chi connectivity index (χ3n) is 5.55. The summed E-state index contributed by atoms with van der Waals surface area (Å²) in [5.41, 5.74) is 1.30. The van der Waals surface area contributed by atoms with Gasteiger partial charge in [0.25, 0.3) is 0 Å². The van der Waals surface area contributed by atoms with Crippen LogP contribution in [0, 0.1) is 5.92 Å². The second-order valence-corrected chi connectivity index (χ2v) is 7.70. The van der Waals surface area contributed by atoms with E-state index in [1.807, 2.05) is 12.1 Å². The Hall–Kier alpha value is -1.19. The molecule has 148 valence electrons. The molecule has 1 saturated carbocycles. The lowest BCUT2D eigenvalue weighted by Crippen LogP contribution is -2.16. The largest absolute Gasteiger partial charge is 0.494 e. The number of benzene rings is 1. The summed E-state index contributed by atoms with van der Waals surface area (Å²) in [7, 11) is 0. The van der Waals surface area contributed by atoms with Gasteiger partial charge in [-0.1, -0.05) is 44.7 Å². The van der Waals surface area contributed by atoms with Gasteiger partial charge in [0.05, 0.1) is 6.61 Å². The normalized spacial score (nSPS) is 20.9. The predicted molar refractivity (Wildman–Crippen MR) is 101 cm³/mol. The van der Waals surface area contributed by atoms with Crippen molar-refractivity contribution in [1.29, 1.82) is 0 Å². The Morgan fingerprint density at radius 1 is 0.923 bits per heavy atom. The van der Waals surface area contributed by atoms with Gasteiger partial charge >= 0.3 is 6.18 Å². The molecular formula is C22H33F3O. The van der Waals surface area contributed by atoms with Crippen molar-refractivity contribution >= 4 is 0 Å². The van der Waals surface area contributed by atoms with Crippen molar-refractivity contribution in [2.24, 2.45) is 5.92 Å². The average molecular weight is 370 g/mol. The predicted octanol–water partition coefficient (Wildman–Crippen LogP) is 7.65. The Morgan fingerprint density at radius 2 is 1.58 bits per heavy atom. The molecular weight excluding hydrogens is 337 g/mol. The molecule has 1 aliphatic carbocycles. The van der Waals surface area contributed by atoms with Crippen LogP contribution in [0.1, 0.15) is 89.0 Å². The van der Waals surface area contributed by atoms with E-state index in [0.29, 0.717) is 12.3 Å². The fourth-order valence-corrected chi connectivity index (χ4v) is 3.88. The van der Waals surface area contributed by atoms with Crippen LogP contribution in [0.4, 0.5) is 13.2 Å². The van der Waals surface area contributed by atoms with E-state index in [1.54, 1.807) is 0 Å². The Balaban J connectivity index is 1.67. The van der Waals surface area contributed by atoms with Crippen molar-refractivity contribution < 1.29 is 17.9 Å². The van der Waals surface area contributed by atoms with Crippen LogP contribution < -0.4 is 4.74 Å². The molecule has 0 radical (unpaired) electrons. The first kappa shape index (κ1) is 21.1. The second-order valence-electron chi connectivity index (χ2n) is 7.70. The van der Waals surface area contributed by atoms with Gasteiger partial charge in [0.2, 0.25) is 0 Å². The first-order chi connectivity index (χ1) is 12.5. The van der Waals surface area contributed by atoms with Crippen molar-refractivity contribution in [3.63, 3.8) is 0 Å². The summed E-state index contributed by atoms with van der Waals surface area (Å²) < 4.78 is 42.8. The minimum atomic E-state index is -4.01. The van der Waals surface area contributed by atoms with Crippen LogP contribution in [0.3, 0.4) is 0 Å². The van der Waals surface area contributed by atoms with Crippen molar-refractivity contribution in [1.82, 2.24) is 0 Å². The lowest BCUT2D eigenvalue weighted by atomic mass is 9.77. The molecule has 1 aromatic rings. The van der Waals surface area contributed by atoms with Crippen LogP contribution in [-0.2, 0) is 0 Å². The van der Waals surface area contributed by atoms with Crippen molar-refractivity contribution in [2.45, 2.75) is 89.6 Å². The first-order valence-electron chi connectivity index (χ1n) is 10.3.